The van der Waals surface area contributed by atoms with Crippen LogP contribution in [0.4, 0.5) is 0 Å². The van der Waals surface area contributed by atoms with Crippen molar-refractivity contribution in [2.24, 2.45) is 0 Å². The second-order valence-electron chi connectivity index (χ2n) is 6.05. The number of phenolic OH excluding ortho intramolecular Hbond substituents is 1. The van der Waals surface area contributed by atoms with Crippen LogP contribution >= 0.6 is 0 Å². The SMILES string of the molecule is COc1cc(C(n2nc(C)cc2C)n2nc(C)cc2C)ccc1O.O. The highest BCUT2D eigenvalue weighted by atomic mass is 16.5. The molecule has 0 radical (unpaired) electrons. The van der Waals surface area contributed by atoms with Gasteiger partial charge < -0.3 is 15.3 Å². The van der Waals surface area contributed by atoms with E-state index in [4.69, 9.17) is 4.74 Å². The van der Waals surface area contributed by atoms with Gasteiger partial charge in [0.25, 0.3) is 0 Å². The molecule has 1 aromatic carbocycles. The van der Waals surface area contributed by atoms with Gasteiger partial charge in [0.2, 0.25) is 0 Å². The molecule has 0 amide bonds. The van der Waals surface area contributed by atoms with Gasteiger partial charge in [-0.2, -0.15) is 10.2 Å². The van der Waals surface area contributed by atoms with E-state index in [0.29, 0.717) is 5.75 Å². The average Bonchev–Trinajstić information content (AvgIpc) is 3.03. The van der Waals surface area contributed by atoms with E-state index in [1.54, 1.807) is 13.2 Å². The summed E-state index contributed by atoms with van der Waals surface area (Å²) in [5.41, 5.74) is 4.91. The van der Waals surface area contributed by atoms with Crippen molar-refractivity contribution in [2.45, 2.75) is 33.9 Å². The van der Waals surface area contributed by atoms with Gasteiger partial charge in [-0.25, -0.2) is 9.36 Å². The largest absolute Gasteiger partial charge is 0.504 e. The molecular formula is C18H24N4O3. The Labute approximate surface area is 146 Å². The zero-order chi connectivity index (χ0) is 17.4. The van der Waals surface area contributed by atoms with Crippen molar-refractivity contribution in [2.75, 3.05) is 7.11 Å². The van der Waals surface area contributed by atoms with E-state index in [9.17, 15) is 5.11 Å². The molecule has 2 aromatic heterocycles. The van der Waals surface area contributed by atoms with Crippen LogP contribution in [-0.2, 0) is 0 Å². The van der Waals surface area contributed by atoms with Crippen LogP contribution in [-0.4, -0.2) is 37.3 Å². The average molecular weight is 344 g/mol. The first-order chi connectivity index (χ1) is 11.4. The van der Waals surface area contributed by atoms with Crippen LogP contribution in [0.2, 0.25) is 0 Å². The summed E-state index contributed by atoms with van der Waals surface area (Å²) in [4.78, 5) is 0. The van der Waals surface area contributed by atoms with Gasteiger partial charge in [-0.3, -0.25) is 0 Å². The number of aromatic nitrogens is 4. The predicted molar refractivity (Wildman–Crippen MR) is 95.2 cm³/mol. The highest BCUT2D eigenvalue weighted by Gasteiger charge is 2.23. The molecule has 7 nitrogen and oxygen atoms in total. The number of ether oxygens (including phenoxy) is 1. The lowest BCUT2D eigenvalue weighted by Crippen LogP contribution is -2.24. The van der Waals surface area contributed by atoms with E-state index >= 15 is 0 Å². The van der Waals surface area contributed by atoms with Crippen LogP contribution in [0, 0.1) is 27.7 Å². The fraction of sp³-hybridized carbons (Fsp3) is 0.333. The molecule has 0 unspecified atom stereocenters. The third-order valence-corrected chi connectivity index (χ3v) is 4.05. The molecule has 0 atom stereocenters. The lowest BCUT2D eigenvalue weighted by Gasteiger charge is -2.22. The van der Waals surface area contributed by atoms with Crippen molar-refractivity contribution in [1.29, 1.82) is 0 Å². The van der Waals surface area contributed by atoms with Crippen molar-refractivity contribution in [3.05, 3.63) is 58.7 Å². The first-order valence-corrected chi connectivity index (χ1v) is 7.83. The molecule has 3 rings (SSSR count). The quantitative estimate of drug-likeness (QED) is 0.785. The van der Waals surface area contributed by atoms with Gasteiger partial charge in [-0.15, -0.1) is 0 Å². The third-order valence-electron chi connectivity index (χ3n) is 4.05. The summed E-state index contributed by atoms with van der Waals surface area (Å²) in [5, 5.41) is 19.2. The minimum absolute atomic E-state index is 0. The molecule has 0 spiro atoms. The molecule has 2 heterocycles. The van der Waals surface area contributed by atoms with Gasteiger partial charge in [0.05, 0.1) is 18.5 Å². The number of methoxy groups -OCH3 is 1. The highest BCUT2D eigenvalue weighted by molar-refractivity contribution is 5.43. The molecule has 0 bridgehead atoms. The van der Waals surface area contributed by atoms with Crippen LogP contribution in [0.5, 0.6) is 11.5 Å². The van der Waals surface area contributed by atoms with E-state index in [-0.39, 0.29) is 17.4 Å². The zero-order valence-electron chi connectivity index (χ0n) is 15.1. The van der Waals surface area contributed by atoms with Crippen LogP contribution < -0.4 is 4.74 Å². The maximum absolute atomic E-state index is 9.91. The van der Waals surface area contributed by atoms with Gasteiger partial charge in [-0.05, 0) is 52.0 Å². The van der Waals surface area contributed by atoms with Gasteiger partial charge in [-0.1, -0.05) is 6.07 Å². The molecule has 0 saturated carbocycles. The fourth-order valence-corrected chi connectivity index (χ4v) is 3.03. The Morgan fingerprint density at radius 3 is 1.84 bits per heavy atom. The Kier molecular flexibility index (Phi) is 5.18. The monoisotopic (exact) mass is 344 g/mol. The summed E-state index contributed by atoms with van der Waals surface area (Å²) in [6.07, 6.45) is -0.248. The highest BCUT2D eigenvalue weighted by Crippen LogP contribution is 2.32. The lowest BCUT2D eigenvalue weighted by molar-refractivity contribution is 0.366. The maximum atomic E-state index is 9.91. The molecule has 3 aromatic rings. The van der Waals surface area contributed by atoms with E-state index in [1.165, 1.54) is 0 Å². The summed E-state index contributed by atoms with van der Waals surface area (Å²) in [6, 6.07) is 9.41. The molecule has 0 fully saturated rings. The van der Waals surface area contributed by atoms with Crippen LogP contribution in [0.3, 0.4) is 0 Å². The smallest absolute Gasteiger partial charge is 0.169 e. The molecule has 7 heteroatoms. The van der Waals surface area contributed by atoms with Crippen molar-refractivity contribution < 1.29 is 15.3 Å². The summed E-state index contributed by atoms with van der Waals surface area (Å²) in [6.45, 7) is 7.99. The number of hydrogen-bond donors (Lipinski definition) is 1. The minimum atomic E-state index is -0.248. The number of benzene rings is 1. The molecule has 0 aliphatic heterocycles. The van der Waals surface area contributed by atoms with Crippen LogP contribution in [0.15, 0.2) is 30.3 Å². The van der Waals surface area contributed by atoms with Crippen LogP contribution in [0.25, 0.3) is 0 Å². The number of aromatic hydroxyl groups is 1. The predicted octanol–water partition coefficient (Wildman–Crippen LogP) is 2.30. The van der Waals surface area contributed by atoms with Gasteiger partial charge >= 0.3 is 0 Å². The Balaban J connectivity index is 0.00000225. The molecular weight excluding hydrogens is 320 g/mol. The summed E-state index contributed by atoms with van der Waals surface area (Å²) >= 11 is 0. The lowest BCUT2D eigenvalue weighted by atomic mass is 10.1. The number of hydrogen-bond acceptors (Lipinski definition) is 4. The second-order valence-corrected chi connectivity index (χ2v) is 6.05. The third kappa shape index (κ3) is 3.36. The summed E-state index contributed by atoms with van der Waals surface area (Å²) in [5.74, 6) is 0.544. The summed E-state index contributed by atoms with van der Waals surface area (Å²) in [7, 11) is 1.54. The number of nitrogens with zero attached hydrogens (tertiary/aromatic N) is 4. The first-order valence-electron chi connectivity index (χ1n) is 7.83. The van der Waals surface area contributed by atoms with Crippen molar-refractivity contribution in [3.63, 3.8) is 0 Å². The normalized spacial score (nSPS) is 10.8. The van der Waals surface area contributed by atoms with Crippen molar-refractivity contribution in [1.82, 2.24) is 19.6 Å². The Hall–Kier alpha value is -2.80. The van der Waals surface area contributed by atoms with E-state index < -0.39 is 0 Å². The molecule has 3 N–H and O–H groups in total. The number of rotatable bonds is 4. The van der Waals surface area contributed by atoms with E-state index in [1.807, 2.05) is 61.3 Å². The van der Waals surface area contributed by atoms with Crippen molar-refractivity contribution in [3.8, 4) is 11.5 Å². The number of aryl methyl sites for hydroxylation is 4. The number of phenols is 1. The fourth-order valence-electron chi connectivity index (χ4n) is 3.03. The summed E-state index contributed by atoms with van der Waals surface area (Å²) < 4.78 is 9.16. The van der Waals surface area contributed by atoms with Crippen molar-refractivity contribution >= 4 is 0 Å². The topological polar surface area (TPSA) is 96.6 Å². The van der Waals surface area contributed by atoms with Gasteiger partial charge in [0.1, 0.15) is 0 Å². The van der Waals surface area contributed by atoms with E-state index in [0.717, 1.165) is 28.3 Å². The first kappa shape index (κ1) is 18.5. The van der Waals surface area contributed by atoms with Gasteiger partial charge in [0.15, 0.2) is 17.7 Å². The Bertz CT molecular complexity index is 836. The molecule has 0 saturated heterocycles. The Morgan fingerprint density at radius 2 is 1.44 bits per heavy atom. The van der Waals surface area contributed by atoms with E-state index in [2.05, 4.69) is 10.2 Å². The van der Waals surface area contributed by atoms with Crippen LogP contribution in [0.1, 0.15) is 34.5 Å². The zero-order valence-corrected chi connectivity index (χ0v) is 15.1. The molecule has 0 aliphatic rings. The molecule has 0 aliphatic carbocycles. The molecule has 134 valence electrons. The standard InChI is InChI=1S/C18H22N4O2.H2O/c1-11-8-13(3)21(19-11)18(22-14(4)9-12(2)20-22)15-6-7-16(23)17(10-15)24-5;/h6-10,18,23H,1-5H3;1H2. The van der Waals surface area contributed by atoms with Gasteiger partial charge in [0, 0.05) is 17.0 Å². The maximum Gasteiger partial charge on any atom is 0.169 e. The minimum Gasteiger partial charge on any atom is -0.504 e. The Morgan fingerprint density at radius 1 is 0.920 bits per heavy atom. The molecule has 25 heavy (non-hydrogen) atoms. The second kappa shape index (κ2) is 6.98.